The van der Waals surface area contributed by atoms with Crippen molar-refractivity contribution in [3.8, 4) is 0 Å². The molecule has 2 amide bonds. The number of hydrogen-bond acceptors (Lipinski definition) is 6. The largest absolute Gasteiger partial charge is 0.466 e. The van der Waals surface area contributed by atoms with Crippen LogP contribution in [-0.2, 0) is 25.5 Å². The van der Waals surface area contributed by atoms with Crippen LogP contribution in [0.1, 0.15) is 32.3 Å². The number of benzene rings is 1. The summed E-state index contributed by atoms with van der Waals surface area (Å²) < 4.78 is 6.00. The van der Waals surface area contributed by atoms with Crippen LogP contribution in [0.25, 0.3) is 10.2 Å². The van der Waals surface area contributed by atoms with E-state index in [1.54, 1.807) is 6.92 Å². The minimum absolute atomic E-state index is 0.0586. The summed E-state index contributed by atoms with van der Waals surface area (Å²) in [6.45, 7) is 4.80. The van der Waals surface area contributed by atoms with Crippen molar-refractivity contribution in [2.75, 3.05) is 25.0 Å². The summed E-state index contributed by atoms with van der Waals surface area (Å²) in [5, 5.41) is 3.24. The highest BCUT2D eigenvalue weighted by molar-refractivity contribution is 7.22. The Morgan fingerprint density at radius 3 is 2.70 bits per heavy atom. The fourth-order valence-electron chi connectivity index (χ4n) is 3.19. The lowest BCUT2D eigenvalue weighted by atomic mass is 9.96. The lowest BCUT2D eigenvalue weighted by molar-refractivity contribution is -0.151. The average Bonchev–Trinajstić information content (AvgIpc) is 3.02. The molecule has 0 spiro atoms. The van der Waals surface area contributed by atoms with E-state index in [0.29, 0.717) is 44.1 Å². The molecule has 8 heteroatoms. The van der Waals surface area contributed by atoms with E-state index in [0.717, 1.165) is 15.8 Å². The first kappa shape index (κ1) is 19.3. The first-order valence-corrected chi connectivity index (χ1v) is 9.89. The summed E-state index contributed by atoms with van der Waals surface area (Å²) in [7, 11) is 0. The van der Waals surface area contributed by atoms with Crippen molar-refractivity contribution >= 4 is 44.5 Å². The lowest BCUT2D eigenvalue weighted by Gasteiger charge is -2.31. The Hall–Kier alpha value is -2.48. The molecule has 1 aliphatic heterocycles. The summed E-state index contributed by atoms with van der Waals surface area (Å²) in [6.07, 6.45) is 1.62. The number of esters is 1. The van der Waals surface area contributed by atoms with Gasteiger partial charge in [-0.15, -0.1) is 0 Å². The van der Waals surface area contributed by atoms with Crippen LogP contribution in [0.4, 0.5) is 5.13 Å². The van der Waals surface area contributed by atoms with Crippen molar-refractivity contribution in [1.29, 1.82) is 0 Å². The molecule has 27 heavy (non-hydrogen) atoms. The molecule has 1 aromatic carbocycles. The molecule has 0 atom stereocenters. The first-order valence-electron chi connectivity index (χ1n) is 9.07. The topological polar surface area (TPSA) is 88.6 Å². The molecule has 144 valence electrons. The molecule has 1 saturated heterocycles. The average molecular weight is 389 g/mol. The standard InChI is InChI=1S/C19H23N3O4S/c1-3-26-18(25)14-6-8-22(9-7-14)17(24)11-13-4-5-15-16(10-13)27-19(21-15)20-12(2)23/h4-5,10,14H,3,6-9,11H2,1-2H3,(H,20,21,23). The fourth-order valence-corrected chi connectivity index (χ4v) is 4.17. The second-order valence-electron chi connectivity index (χ2n) is 6.59. The number of nitrogens with zero attached hydrogens (tertiary/aromatic N) is 2. The van der Waals surface area contributed by atoms with Gasteiger partial charge in [-0.3, -0.25) is 14.4 Å². The minimum Gasteiger partial charge on any atom is -0.466 e. The van der Waals surface area contributed by atoms with Crippen molar-refractivity contribution in [2.45, 2.75) is 33.1 Å². The third kappa shape index (κ3) is 4.82. The van der Waals surface area contributed by atoms with Gasteiger partial charge in [0.2, 0.25) is 11.8 Å². The number of likely N-dealkylation sites (tertiary alicyclic amines) is 1. The zero-order valence-corrected chi connectivity index (χ0v) is 16.3. The molecule has 1 fully saturated rings. The van der Waals surface area contributed by atoms with Crippen LogP contribution in [-0.4, -0.2) is 47.4 Å². The molecule has 0 unspecified atom stereocenters. The number of thiazole rings is 1. The summed E-state index contributed by atoms with van der Waals surface area (Å²) in [5.41, 5.74) is 1.72. The maximum atomic E-state index is 12.6. The van der Waals surface area contributed by atoms with E-state index >= 15 is 0 Å². The van der Waals surface area contributed by atoms with Crippen LogP contribution in [0, 0.1) is 5.92 Å². The highest BCUT2D eigenvalue weighted by atomic mass is 32.1. The number of carbonyl (C=O) groups excluding carboxylic acids is 3. The fraction of sp³-hybridized carbons (Fsp3) is 0.474. The summed E-state index contributed by atoms with van der Waals surface area (Å²) in [4.78, 5) is 41.7. The van der Waals surface area contributed by atoms with Crippen molar-refractivity contribution in [3.63, 3.8) is 0 Å². The van der Waals surface area contributed by atoms with Gasteiger partial charge in [0.1, 0.15) is 0 Å². The van der Waals surface area contributed by atoms with E-state index in [2.05, 4.69) is 10.3 Å². The number of aromatic nitrogens is 1. The van der Waals surface area contributed by atoms with Crippen molar-refractivity contribution in [1.82, 2.24) is 9.88 Å². The van der Waals surface area contributed by atoms with Gasteiger partial charge in [0.15, 0.2) is 5.13 Å². The molecule has 3 rings (SSSR count). The van der Waals surface area contributed by atoms with Crippen LogP contribution in [0.15, 0.2) is 18.2 Å². The molecular formula is C19H23N3O4S. The molecule has 0 radical (unpaired) electrons. The van der Waals surface area contributed by atoms with Gasteiger partial charge in [-0.25, -0.2) is 4.98 Å². The van der Waals surface area contributed by atoms with Gasteiger partial charge < -0.3 is 15.0 Å². The maximum Gasteiger partial charge on any atom is 0.309 e. The third-order valence-electron chi connectivity index (χ3n) is 4.56. The Morgan fingerprint density at radius 1 is 1.30 bits per heavy atom. The summed E-state index contributed by atoms with van der Waals surface area (Å²) in [5.74, 6) is -0.358. The van der Waals surface area contributed by atoms with E-state index in [-0.39, 0.29) is 23.7 Å². The second-order valence-corrected chi connectivity index (χ2v) is 7.62. The van der Waals surface area contributed by atoms with Gasteiger partial charge in [-0.05, 0) is 37.5 Å². The Labute approximate surface area is 161 Å². The molecule has 0 aliphatic carbocycles. The van der Waals surface area contributed by atoms with Crippen LogP contribution >= 0.6 is 11.3 Å². The van der Waals surface area contributed by atoms with E-state index in [4.69, 9.17) is 4.74 Å². The molecule has 2 aromatic rings. The number of ether oxygens (including phenoxy) is 1. The van der Waals surface area contributed by atoms with E-state index in [9.17, 15) is 14.4 Å². The molecule has 2 heterocycles. The van der Waals surface area contributed by atoms with Crippen LogP contribution in [0.3, 0.4) is 0 Å². The molecule has 1 aliphatic rings. The van der Waals surface area contributed by atoms with Crippen LogP contribution in [0.2, 0.25) is 0 Å². The Bertz CT molecular complexity index is 856. The van der Waals surface area contributed by atoms with Gasteiger partial charge in [0.05, 0.1) is 29.2 Å². The predicted octanol–water partition coefficient (Wildman–Crippen LogP) is 2.60. The molecular weight excluding hydrogens is 366 g/mol. The van der Waals surface area contributed by atoms with Gasteiger partial charge in [0, 0.05) is 20.0 Å². The Kier molecular flexibility index (Phi) is 6.05. The van der Waals surface area contributed by atoms with Crippen molar-refractivity contribution in [3.05, 3.63) is 23.8 Å². The van der Waals surface area contributed by atoms with Crippen LogP contribution < -0.4 is 5.32 Å². The monoisotopic (exact) mass is 389 g/mol. The number of amides is 2. The van der Waals surface area contributed by atoms with Gasteiger partial charge >= 0.3 is 5.97 Å². The lowest BCUT2D eigenvalue weighted by Crippen LogP contribution is -2.41. The number of fused-ring (bicyclic) bond motifs is 1. The van der Waals surface area contributed by atoms with Gasteiger partial charge in [-0.1, -0.05) is 17.4 Å². The number of nitrogens with one attached hydrogen (secondary N) is 1. The van der Waals surface area contributed by atoms with Crippen molar-refractivity contribution in [2.24, 2.45) is 5.92 Å². The normalized spacial score (nSPS) is 15.0. The number of hydrogen-bond donors (Lipinski definition) is 1. The number of piperidine rings is 1. The number of rotatable bonds is 5. The first-order chi connectivity index (χ1) is 13.0. The zero-order chi connectivity index (χ0) is 19.4. The quantitative estimate of drug-likeness (QED) is 0.794. The minimum atomic E-state index is -0.157. The molecule has 1 aromatic heterocycles. The Morgan fingerprint density at radius 2 is 2.04 bits per heavy atom. The summed E-state index contributed by atoms with van der Waals surface area (Å²) in [6, 6.07) is 5.71. The number of carbonyl (C=O) groups is 3. The maximum absolute atomic E-state index is 12.6. The predicted molar refractivity (Wildman–Crippen MR) is 104 cm³/mol. The summed E-state index contributed by atoms with van der Waals surface area (Å²) >= 11 is 1.39. The van der Waals surface area contributed by atoms with Gasteiger partial charge in [0.25, 0.3) is 0 Å². The van der Waals surface area contributed by atoms with E-state index in [1.165, 1.54) is 18.3 Å². The molecule has 1 N–H and O–H groups in total. The number of anilines is 1. The second kappa shape index (κ2) is 8.47. The van der Waals surface area contributed by atoms with Crippen LogP contribution in [0.5, 0.6) is 0 Å². The Balaban J connectivity index is 1.59. The SMILES string of the molecule is CCOC(=O)C1CCN(C(=O)Cc2ccc3nc(NC(C)=O)sc3c2)CC1. The zero-order valence-electron chi connectivity index (χ0n) is 15.5. The third-order valence-corrected chi connectivity index (χ3v) is 5.49. The van der Waals surface area contributed by atoms with Crippen molar-refractivity contribution < 1.29 is 19.1 Å². The smallest absolute Gasteiger partial charge is 0.309 e. The molecule has 7 nitrogen and oxygen atoms in total. The molecule has 0 saturated carbocycles. The highest BCUT2D eigenvalue weighted by Crippen LogP contribution is 2.27. The van der Waals surface area contributed by atoms with E-state index < -0.39 is 0 Å². The van der Waals surface area contributed by atoms with E-state index in [1.807, 2.05) is 23.1 Å². The van der Waals surface area contributed by atoms with Gasteiger partial charge in [-0.2, -0.15) is 0 Å². The highest BCUT2D eigenvalue weighted by Gasteiger charge is 2.28. The molecule has 0 bridgehead atoms.